The molecule has 2 aromatic carbocycles. The van der Waals surface area contributed by atoms with Gasteiger partial charge in [0, 0.05) is 29.8 Å². The summed E-state index contributed by atoms with van der Waals surface area (Å²) in [5.41, 5.74) is 3.49. The van der Waals surface area contributed by atoms with Crippen molar-refractivity contribution >= 4 is 22.5 Å². The van der Waals surface area contributed by atoms with Crippen molar-refractivity contribution in [1.82, 2.24) is 19.9 Å². The third-order valence-electron chi connectivity index (χ3n) is 4.75. The summed E-state index contributed by atoms with van der Waals surface area (Å²) in [5.74, 6) is 2.03. The standard InChI is InChI=1S/C25H19N5O/c1-2-6-18(7-3-1)17-31-21-9-4-8-19(16-21)23-29-24-22(10-5-13-27-24)25(30-23)28-20-11-14-26-15-12-20/h1-16H,17H2,(H,26,27,28,29,30). The Hall–Kier alpha value is -4.32. The number of nitrogens with one attached hydrogen (secondary N) is 1. The maximum absolute atomic E-state index is 5.97. The van der Waals surface area contributed by atoms with Crippen molar-refractivity contribution in [3.05, 3.63) is 103 Å². The SMILES string of the molecule is c1ccc(COc2cccc(-c3nc(Nc4ccncc4)c4cccnc4n3)c2)cc1. The van der Waals surface area contributed by atoms with E-state index in [2.05, 4.69) is 20.3 Å². The molecule has 0 aliphatic carbocycles. The number of aromatic nitrogens is 4. The average Bonchev–Trinajstić information content (AvgIpc) is 2.84. The molecule has 0 atom stereocenters. The first-order valence-electron chi connectivity index (χ1n) is 9.92. The van der Waals surface area contributed by atoms with Crippen LogP contribution in [0.2, 0.25) is 0 Å². The molecule has 6 heteroatoms. The maximum Gasteiger partial charge on any atom is 0.165 e. The fourth-order valence-corrected chi connectivity index (χ4v) is 3.22. The quantitative estimate of drug-likeness (QED) is 0.407. The molecule has 0 aliphatic heterocycles. The molecule has 1 N–H and O–H groups in total. The Bertz CT molecular complexity index is 1310. The predicted molar refractivity (Wildman–Crippen MR) is 121 cm³/mol. The zero-order valence-corrected chi connectivity index (χ0v) is 16.6. The molecular formula is C25H19N5O. The molecule has 0 spiro atoms. The van der Waals surface area contributed by atoms with Crippen LogP contribution in [0.4, 0.5) is 11.5 Å². The Morgan fingerprint density at radius 1 is 0.774 bits per heavy atom. The van der Waals surface area contributed by atoms with Gasteiger partial charge in [0.05, 0.1) is 5.39 Å². The summed E-state index contributed by atoms with van der Waals surface area (Å²) in [4.78, 5) is 18.0. The molecule has 6 nitrogen and oxygen atoms in total. The van der Waals surface area contributed by atoms with Crippen LogP contribution in [0.5, 0.6) is 5.75 Å². The summed E-state index contributed by atoms with van der Waals surface area (Å²) < 4.78 is 5.97. The highest BCUT2D eigenvalue weighted by atomic mass is 16.5. The molecule has 31 heavy (non-hydrogen) atoms. The first-order valence-corrected chi connectivity index (χ1v) is 9.92. The van der Waals surface area contributed by atoms with Gasteiger partial charge in [0.2, 0.25) is 0 Å². The van der Waals surface area contributed by atoms with Crippen LogP contribution in [0.3, 0.4) is 0 Å². The summed E-state index contributed by atoms with van der Waals surface area (Å²) in [6.07, 6.45) is 5.20. The second-order valence-electron chi connectivity index (χ2n) is 6.93. The summed E-state index contributed by atoms with van der Waals surface area (Å²) in [6.45, 7) is 0.499. The van der Waals surface area contributed by atoms with E-state index in [1.807, 2.05) is 78.9 Å². The van der Waals surface area contributed by atoms with Crippen molar-refractivity contribution in [3.8, 4) is 17.1 Å². The van der Waals surface area contributed by atoms with Crippen molar-refractivity contribution in [2.75, 3.05) is 5.32 Å². The van der Waals surface area contributed by atoms with Gasteiger partial charge in [-0.1, -0.05) is 42.5 Å². The maximum atomic E-state index is 5.97. The fraction of sp³-hybridized carbons (Fsp3) is 0.0400. The zero-order chi connectivity index (χ0) is 20.9. The lowest BCUT2D eigenvalue weighted by Crippen LogP contribution is -2.01. The third kappa shape index (κ3) is 4.33. The molecule has 0 unspecified atom stereocenters. The van der Waals surface area contributed by atoms with Crippen LogP contribution >= 0.6 is 0 Å². The van der Waals surface area contributed by atoms with Crippen LogP contribution in [0, 0.1) is 0 Å². The molecule has 3 aromatic heterocycles. The summed E-state index contributed by atoms with van der Waals surface area (Å²) >= 11 is 0. The number of ether oxygens (including phenoxy) is 1. The molecule has 5 aromatic rings. The van der Waals surface area contributed by atoms with Crippen LogP contribution in [0.1, 0.15) is 5.56 Å². The number of anilines is 2. The van der Waals surface area contributed by atoms with Crippen LogP contribution < -0.4 is 10.1 Å². The lowest BCUT2D eigenvalue weighted by molar-refractivity contribution is 0.306. The Morgan fingerprint density at radius 3 is 2.52 bits per heavy atom. The summed E-state index contributed by atoms with van der Waals surface area (Å²) in [6, 6.07) is 25.5. The van der Waals surface area contributed by atoms with Gasteiger partial charge in [-0.2, -0.15) is 0 Å². The van der Waals surface area contributed by atoms with Gasteiger partial charge in [-0.15, -0.1) is 0 Å². The van der Waals surface area contributed by atoms with E-state index >= 15 is 0 Å². The zero-order valence-electron chi connectivity index (χ0n) is 16.6. The molecule has 3 heterocycles. The highest BCUT2D eigenvalue weighted by Gasteiger charge is 2.11. The van der Waals surface area contributed by atoms with Crippen LogP contribution in [-0.4, -0.2) is 19.9 Å². The number of hydrogen-bond donors (Lipinski definition) is 1. The first-order chi connectivity index (χ1) is 15.3. The van der Waals surface area contributed by atoms with Gasteiger partial charge < -0.3 is 10.1 Å². The Kier molecular flexibility index (Phi) is 5.18. The third-order valence-corrected chi connectivity index (χ3v) is 4.75. The Labute approximate surface area is 179 Å². The van der Waals surface area contributed by atoms with E-state index in [0.717, 1.165) is 28.0 Å². The van der Waals surface area contributed by atoms with Crippen LogP contribution in [0.25, 0.3) is 22.4 Å². The number of hydrogen-bond acceptors (Lipinski definition) is 6. The molecule has 5 rings (SSSR count). The molecular weight excluding hydrogens is 386 g/mol. The van der Waals surface area contributed by atoms with Crippen molar-refractivity contribution in [2.45, 2.75) is 6.61 Å². The predicted octanol–water partition coefficient (Wildman–Crippen LogP) is 5.41. The van der Waals surface area contributed by atoms with E-state index in [9.17, 15) is 0 Å². The second-order valence-corrected chi connectivity index (χ2v) is 6.93. The van der Waals surface area contributed by atoms with Gasteiger partial charge in [-0.05, 0) is 42.0 Å². The molecule has 0 aliphatic rings. The monoisotopic (exact) mass is 405 g/mol. The van der Waals surface area contributed by atoms with Gasteiger partial charge in [0.1, 0.15) is 18.2 Å². The molecule has 0 fully saturated rings. The minimum Gasteiger partial charge on any atom is -0.489 e. The lowest BCUT2D eigenvalue weighted by Gasteiger charge is -2.11. The number of pyridine rings is 2. The molecule has 150 valence electrons. The van der Waals surface area contributed by atoms with Crippen molar-refractivity contribution < 1.29 is 4.74 Å². The average molecular weight is 405 g/mol. The molecule has 0 amide bonds. The van der Waals surface area contributed by atoms with Crippen molar-refractivity contribution in [1.29, 1.82) is 0 Å². The topological polar surface area (TPSA) is 72.8 Å². The van der Waals surface area contributed by atoms with E-state index < -0.39 is 0 Å². The molecule has 0 bridgehead atoms. The molecule has 0 radical (unpaired) electrons. The van der Waals surface area contributed by atoms with Gasteiger partial charge in [0.15, 0.2) is 11.5 Å². The Morgan fingerprint density at radius 2 is 1.65 bits per heavy atom. The van der Waals surface area contributed by atoms with E-state index in [0.29, 0.717) is 23.9 Å². The van der Waals surface area contributed by atoms with Crippen molar-refractivity contribution in [2.24, 2.45) is 0 Å². The second kappa shape index (κ2) is 8.59. The van der Waals surface area contributed by atoms with Gasteiger partial charge in [0.25, 0.3) is 0 Å². The van der Waals surface area contributed by atoms with Crippen LogP contribution in [0.15, 0.2) is 97.5 Å². The highest BCUT2D eigenvalue weighted by Crippen LogP contribution is 2.28. The van der Waals surface area contributed by atoms with E-state index in [-0.39, 0.29) is 0 Å². The van der Waals surface area contributed by atoms with E-state index in [1.54, 1.807) is 18.6 Å². The van der Waals surface area contributed by atoms with E-state index in [4.69, 9.17) is 9.72 Å². The lowest BCUT2D eigenvalue weighted by atomic mass is 10.2. The smallest absolute Gasteiger partial charge is 0.165 e. The Balaban J connectivity index is 1.48. The van der Waals surface area contributed by atoms with Gasteiger partial charge in [-0.3, -0.25) is 4.98 Å². The summed E-state index contributed by atoms with van der Waals surface area (Å²) in [7, 11) is 0. The minimum atomic E-state index is 0.499. The van der Waals surface area contributed by atoms with Gasteiger partial charge in [-0.25, -0.2) is 15.0 Å². The molecule has 0 saturated heterocycles. The van der Waals surface area contributed by atoms with Crippen molar-refractivity contribution in [3.63, 3.8) is 0 Å². The summed E-state index contributed by atoms with van der Waals surface area (Å²) in [5, 5.41) is 4.20. The van der Waals surface area contributed by atoms with E-state index in [1.165, 1.54) is 0 Å². The number of nitrogens with zero attached hydrogens (tertiary/aromatic N) is 4. The highest BCUT2D eigenvalue weighted by molar-refractivity contribution is 5.89. The number of benzene rings is 2. The number of fused-ring (bicyclic) bond motifs is 1. The minimum absolute atomic E-state index is 0.499. The normalized spacial score (nSPS) is 10.7. The van der Waals surface area contributed by atoms with Crippen LogP contribution in [-0.2, 0) is 6.61 Å². The number of rotatable bonds is 6. The molecule has 0 saturated carbocycles. The fourth-order valence-electron chi connectivity index (χ4n) is 3.22. The van der Waals surface area contributed by atoms with Gasteiger partial charge >= 0.3 is 0 Å². The first kappa shape index (κ1) is 18.7. The largest absolute Gasteiger partial charge is 0.489 e.